The van der Waals surface area contributed by atoms with Crippen molar-refractivity contribution in [1.29, 1.82) is 0 Å². The van der Waals surface area contributed by atoms with Gasteiger partial charge in [0, 0.05) is 30.9 Å². The van der Waals surface area contributed by atoms with Crippen molar-refractivity contribution < 1.29 is 4.79 Å². The molecule has 1 aromatic carbocycles. The smallest absolute Gasteiger partial charge is 0.272 e. The number of fused-ring (bicyclic) bond motifs is 1. The van der Waals surface area contributed by atoms with Gasteiger partial charge in [-0.1, -0.05) is 24.3 Å². The summed E-state index contributed by atoms with van der Waals surface area (Å²) >= 11 is 0. The number of carbonyl (C=O) groups is 1. The third-order valence-electron chi connectivity index (χ3n) is 3.66. The summed E-state index contributed by atoms with van der Waals surface area (Å²) in [5.41, 5.74) is 3.15. The fourth-order valence-electron chi connectivity index (χ4n) is 2.64. The predicted octanol–water partition coefficient (Wildman–Crippen LogP) is 2.91. The lowest BCUT2D eigenvalue weighted by atomic mass is 10.1. The molecule has 0 bridgehead atoms. The molecule has 116 valence electrons. The third kappa shape index (κ3) is 3.18. The Balaban J connectivity index is 1.88. The lowest BCUT2D eigenvalue weighted by Crippen LogP contribution is -2.27. The lowest BCUT2D eigenvalue weighted by Gasteiger charge is -2.18. The molecule has 5 nitrogen and oxygen atoms in total. The first-order chi connectivity index (χ1) is 11.0. The zero-order chi connectivity index (χ0) is 16.4. The summed E-state index contributed by atoms with van der Waals surface area (Å²) in [6.07, 6.45) is 1.77. The van der Waals surface area contributed by atoms with Crippen molar-refractivity contribution in [1.82, 2.24) is 19.9 Å². The molecule has 0 spiro atoms. The molecule has 1 amide bonds. The zero-order valence-corrected chi connectivity index (χ0v) is 13.4. The highest BCUT2D eigenvalue weighted by Crippen LogP contribution is 2.18. The van der Waals surface area contributed by atoms with E-state index < -0.39 is 0 Å². The Labute approximate surface area is 135 Å². The maximum absolute atomic E-state index is 12.6. The van der Waals surface area contributed by atoms with E-state index in [0.29, 0.717) is 18.1 Å². The normalized spacial score (nSPS) is 10.7. The van der Waals surface area contributed by atoms with Crippen molar-refractivity contribution in [3.05, 3.63) is 65.4 Å². The first-order valence-corrected chi connectivity index (χ1v) is 7.45. The lowest BCUT2D eigenvalue weighted by molar-refractivity contribution is 0.0779. The number of hydrogen-bond donors (Lipinski definition) is 0. The van der Waals surface area contributed by atoms with E-state index in [2.05, 4.69) is 15.0 Å². The molecule has 0 saturated carbocycles. The van der Waals surface area contributed by atoms with Crippen LogP contribution in [0.15, 0.2) is 42.6 Å². The second kappa shape index (κ2) is 6.12. The van der Waals surface area contributed by atoms with E-state index in [1.54, 1.807) is 31.1 Å². The molecule has 3 aromatic rings. The number of aromatic nitrogens is 3. The molecule has 0 saturated heterocycles. The van der Waals surface area contributed by atoms with Gasteiger partial charge in [0.05, 0.1) is 5.52 Å². The van der Waals surface area contributed by atoms with Crippen molar-refractivity contribution in [2.24, 2.45) is 0 Å². The highest BCUT2D eigenvalue weighted by atomic mass is 16.2. The van der Waals surface area contributed by atoms with Crippen LogP contribution in [-0.4, -0.2) is 32.8 Å². The average Bonchev–Trinajstić information content (AvgIpc) is 2.53. The first-order valence-electron chi connectivity index (χ1n) is 7.45. The molecular formula is C18H18N4O. The summed E-state index contributed by atoms with van der Waals surface area (Å²) in [7, 11) is 1.77. The number of benzene rings is 1. The number of hydrogen-bond acceptors (Lipinski definition) is 4. The summed E-state index contributed by atoms with van der Waals surface area (Å²) in [4.78, 5) is 27.1. The fraction of sp³-hybridized carbons (Fsp3) is 0.222. The van der Waals surface area contributed by atoms with Crippen LogP contribution in [-0.2, 0) is 6.54 Å². The van der Waals surface area contributed by atoms with Crippen LogP contribution in [0.25, 0.3) is 10.9 Å². The molecule has 2 aromatic heterocycles. The van der Waals surface area contributed by atoms with Crippen LogP contribution < -0.4 is 0 Å². The van der Waals surface area contributed by atoms with Gasteiger partial charge in [-0.3, -0.25) is 9.78 Å². The van der Waals surface area contributed by atoms with Gasteiger partial charge in [-0.15, -0.1) is 0 Å². The van der Waals surface area contributed by atoms with Crippen LogP contribution in [0.2, 0.25) is 0 Å². The Morgan fingerprint density at radius 1 is 1.13 bits per heavy atom. The van der Waals surface area contributed by atoms with Gasteiger partial charge in [0.25, 0.3) is 5.91 Å². The Hall–Kier alpha value is -2.82. The molecule has 0 aliphatic heterocycles. The number of carbonyl (C=O) groups excluding carboxylic acids is 1. The van der Waals surface area contributed by atoms with Crippen molar-refractivity contribution >= 4 is 16.8 Å². The SMILES string of the molecule is Cc1cc(C(=O)N(C)Cc2cccc3cccnc23)nc(C)n1. The number of para-hydroxylation sites is 1. The quantitative estimate of drug-likeness (QED) is 0.746. The number of nitrogens with zero attached hydrogens (tertiary/aromatic N) is 4. The molecule has 2 heterocycles. The number of pyridine rings is 1. The van der Waals surface area contributed by atoms with Crippen molar-refractivity contribution in [2.75, 3.05) is 7.05 Å². The van der Waals surface area contributed by atoms with Gasteiger partial charge >= 0.3 is 0 Å². The van der Waals surface area contributed by atoms with Crippen LogP contribution in [0.3, 0.4) is 0 Å². The van der Waals surface area contributed by atoms with E-state index >= 15 is 0 Å². The monoisotopic (exact) mass is 306 g/mol. The topological polar surface area (TPSA) is 59.0 Å². The molecule has 0 fully saturated rings. The summed E-state index contributed by atoms with van der Waals surface area (Å²) in [6.45, 7) is 4.13. The average molecular weight is 306 g/mol. The van der Waals surface area contributed by atoms with Crippen LogP contribution in [0.4, 0.5) is 0 Å². The molecule has 23 heavy (non-hydrogen) atoms. The number of aryl methyl sites for hydroxylation is 2. The highest BCUT2D eigenvalue weighted by molar-refractivity contribution is 5.92. The van der Waals surface area contributed by atoms with E-state index in [9.17, 15) is 4.79 Å². The van der Waals surface area contributed by atoms with Crippen LogP contribution in [0.1, 0.15) is 27.6 Å². The predicted molar refractivity (Wildman–Crippen MR) is 89.0 cm³/mol. The fourth-order valence-corrected chi connectivity index (χ4v) is 2.64. The Morgan fingerprint density at radius 2 is 1.91 bits per heavy atom. The zero-order valence-electron chi connectivity index (χ0n) is 13.4. The minimum atomic E-state index is -0.119. The first kappa shape index (κ1) is 15.1. The maximum Gasteiger partial charge on any atom is 0.272 e. The third-order valence-corrected chi connectivity index (χ3v) is 3.66. The van der Waals surface area contributed by atoms with Gasteiger partial charge in [-0.2, -0.15) is 0 Å². The van der Waals surface area contributed by atoms with Gasteiger partial charge in [0.1, 0.15) is 11.5 Å². The molecule has 0 atom stereocenters. The molecule has 3 rings (SSSR count). The van der Waals surface area contributed by atoms with Gasteiger partial charge < -0.3 is 4.90 Å². The molecule has 0 aliphatic carbocycles. The molecule has 0 aliphatic rings. The largest absolute Gasteiger partial charge is 0.336 e. The van der Waals surface area contributed by atoms with E-state index in [-0.39, 0.29) is 5.91 Å². The van der Waals surface area contributed by atoms with E-state index in [1.807, 2.05) is 37.3 Å². The Bertz CT molecular complexity index is 850. The van der Waals surface area contributed by atoms with Crippen LogP contribution in [0.5, 0.6) is 0 Å². The maximum atomic E-state index is 12.6. The Morgan fingerprint density at radius 3 is 2.70 bits per heavy atom. The van der Waals surface area contributed by atoms with Gasteiger partial charge in [0.15, 0.2) is 0 Å². The number of amides is 1. The van der Waals surface area contributed by atoms with Crippen molar-refractivity contribution in [3.63, 3.8) is 0 Å². The van der Waals surface area contributed by atoms with Gasteiger partial charge in [-0.05, 0) is 31.5 Å². The van der Waals surface area contributed by atoms with Crippen LogP contribution in [0, 0.1) is 13.8 Å². The summed E-state index contributed by atoms with van der Waals surface area (Å²) in [5.74, 6) is 0.486. The molecule has 0 radical (unpaired) electrons. The van der Waals surface area contributed by atoms with Gasteiger partial charge in [0.2, 0.25) is 0 Å². The molecule has 5 heteroatoms. The molecule has 0 N–H and O–H groups in total. The Kier molecular flexibility index (Phi) is 4.02. The van der Waals surface area contributed by atoms with E-state index in [4.69, 9.17) is 0 Å². The van der Waals surface area contributed by atoms with Crippen molar-refractivity contribution in [2.45, 2.75) is 20.4 Å². The van der Waals surface area contributed by atoms with Crippen molar-refractivity contribution in [3.8, 4) is 0 Å². The van der Waals surface area contributed by atoms with E-state index in [1.165, 1.54) is 0 Å². The minimum absolute atomic E-state index is 0.119. The summed E-state index contributed by atoms with van der Waals surface area (Å²) < 4.78 is 0. The van der Waals surface area contributed by atoms with Gasteiger partial charge in [-0.25, -0.2) is 9.97 Å². The second-order valence-corrected chi connectivity index (χ2v) is 5.60. The summed E-state index contributed by atoms with van der Waals surface area (Å²) in [5, 5.41) is 1.07. The summed E-state index contributed by atoms with van der Waals surface area (Å²) in [6, 6.07) is 11.6. The highest BCUT2D eigenvalue weighted by Gasteiger charge is 2.16. The van der Waals surface area contributed by atoms with E-state index in [0.717, 1.165) is 22.2 Å². The second-order valence-electron chi connectivity index (χ2n) is 5.60. The van der Waals surface area contributed by atoms with Crippen LogP contribution >= 0.6 is 0 Å². The molecular weight excluding hydrogens is 288 g/mol. The minimum Gasteiger partial charge on any atom is -0.336 e. The number of rotatable bonds is 3. The standard InChI is InChI=1S/C18H18N4O/c1-12-10-16(21-13(2)20-12)18(23)22(3)11-15-7-4-6-14-8-5-9-19-17(14)15/h4-10H,11H2,1-3H3. The molecule has 0 unspecified atom stereocenters.